The number of hydrogen-bond acceptors (Lipinski definition) is 3. The van der Waals surface area contributed by atoms with E-state index in [9.17, 15) is 4.79 Å². The van der Waals surface area contributed by atoms with Gasteiger partial charge in [-0.2, -0.15) is 0 Å². The van der Waals surface area contributed by atoms with Crippen molar-refractivity contribution in [3.8, 4) is 0 Å². The van der Waals surface area contributed by atoms with Gasteiger partial charge in [0.25, 0.3) is 0 Å². The average Bonchev–Trinajstić information content (AvgIpc) is 2.06. The molecule has 5 heteroatoms. The molecule has 0 aromatic heterocycles. The van der Waals surface area contributed by atoms with Gasteiger partial charge in [0, 0.05) is 32.1 Å². The Morgan fingerprint density at radius 3 is 2.38 bits per heavy atom. The monoisotopic (exact) mass is 207 g/mol. The second-order valence-corrected chi connectivity index (χ2v) is 3.26. The molecule has 0 saturated carbocycles. The Balaban J connectivity index is 0.00000144. The van der Waals surface area contributed by atoms with Crippen LogP contribution in [0.25, 0.3) is 0 Å². The van der Waals surface area contributed by atoms with Gasteiger partial charge in [-0.25, -0.2) is 0 Å². The number of nitrogens with two attached hydrogens (primary N) is 2. The SMILES string of the molecule is Cl.NCCC(=O)N1CCC(N)CC1. The van der Waals surface area contributed by atoms with Gasteiger partial charge >= 0.3 is 0 Å². The molecule has 13 heavy (non-hydrogen) atoms. The highest BCUT2D eigenvalue weighted by atomic mass is 35.5. The fraction of sp³-hybridized carbons (Fsp3) is 0.875. The van der Waals surface area contributed by atoms with Crippen molar-refractivity contribution in [3.63, 3.8) is 0 Å². The largest absolute Gasteiger partial charge is 0.343 e. The van der Waals surface area contributed by atoms with Crippen LogP contribution in [0.2, 0.25) is 0 Å². The summed E-state index contributed by atoms with van der Waals surface area (Å²) in [6.07, 6.45) is 2.32. The van der Waals surface area contributed by atoms with Crippen molar-refractivity contribution in [2.75, 3.05) is 19.6 Å². The Morgan fingerprint density at radius 2 is 1.92 bits per heavy atom. The number of hydrogen-bond donors (Lipinski definition) is 2. The normalized spacial score (nSPS) is 18.2. The zero-order chi connectivity index (χ0) is 8.97. The third-order valence-corrected chi connectivity index (χ3v) is 2.25. The van der Waals surface area contributed by atoms with E-state index in [1.807, 2.05) is 4.90 Å². The highest BCUT2D eigenvalue weighted by Crippen LogP contribution is 2.08. The molecule has 1 amide bonds. The van der Waals surface area contributed by atoms with Crippen LogP contribution in [0.15, 0.2) is 0 Å². The molecule has 78 valence electrons. The van der Waals surface area contributed by atoms with Crippen LogP contribution in [0.4, 0.5) is 0 Å². The van der Waals surface area contributed by atoms with Crippen LogP contribution < -0.4 is 11.5 Å². The lowest BCUT2D eigenvalue weighted by Crippen LogP contribution is -2.43. The topological polar surface area (TPSA) is 72.4 Å². The number of halogens is 1. The molecule has 1 heterocycles. The van der Waals surface area contributed by atoms with Gasteiger partial charge in [0.1, 0.15) is 0 Å². The summed E-state index contributed by atoms with van der Waals surface area (Å²) in [5.74, 6) is 0.171. The first-order valence-electron chi connectivity index (χ1n) is 4.47. The highest BCUT2D eigenvalue weighted by Gasteiger charge is 2.19. The minimum absolute atomic E-state index is 0. The molecule has 4 N–H and O–H groups in total. The van der Waals surface area contributed by atoms with E-state index in [0.717, 1.165) is 25.9 Å². The standard InChI is InChI=1S/C8H17N3O.ClH/c9-4-1-8(12)11-5-2-7(10)3-6-11;/h7H,1-6,9-10H2;1H. The number of amides is 1. The number of carbonyl (C=O) groups is 1. The van der Waals surface area contributed by atoms with Crippen molar-refractivity contribution in [1.29, 1.82) is 0 Å². The summed E-state index contributed by atoms with van der Waals surface area (Å²) in [6, 6.07) is 0.284. The summed E-state index contributed by atoms with van der Waals surface area (Å²) in [5, 5.41) is 0. The van der Waals surface area contributed by atoms with Crippen molar-refractivity contribution < 1.29 is 4.79 Å². The van der Waals surface area contributed by atoms with E-state index >= 15 is 0 Å². The van der Waals surface area contributed by atoms with Gasteiger partial charge in [0.2, 0.25) is 5.91 Å². The Labute approximate surface area is 85.0 Å². The van der Waals surface area contributed by atoms with Crippen LogP contribution in [-0.4, -0.2) is 36.5 Å². The Kier molecular flexibility index (Phi) is 6.03. The fourth-order valence-electron chi connectivity index (χ4n) is 1.43. The zero-order valence-electron chi connectivity index (χ0n) is 7.74. The fourth-order valence-corrected chi connectivity index (χ4v) is 1.43. The molecule has 1 aliphatic heterocycles. The Hall–Kier alpha value is -0.320. The molecule has 0 unspecified atom stereocenters. The van der Waals surface area contributed by atoms with Crippen molar-refractivity contribution in [2.24, 2.45) is 11.5 Å². The van der Waals surface area contributed by atoms with Crippen LogP contribution in [-0.2, 0) is 4.79 Å². The van der Waals surface area contributed by atoms with Crippen LogP contribution in [0.5, 0.6) is 0 Å². The number of rotatable bonds is 2. The van der Waals surface area contributed by atoms with E-state index in [0.29, 0.717) is 13.0 Å². The van der Waals surface area contributed by atoms with E-state index in [2.05, 4.69) is 0 Å². The lowest BCUT2D eigenvalue weighted by atomic mass is 10.1. The Bertz CT molecular complexity index is 157. The molecule has 1 aliphatic rings. The molecule has 0 bridgehead atoms. The first-order valence-corrected chi connectivity index (χ1v) is 4.47. The second-order valence-electron chi connectivity index (χ2n) is 3.26. The molecule has 1 fully saturated rings. The van der Waals surface area contributed by atoms with E-state index < -0.39 is 0 Å². The number of nitrogens with zero attached hydrogens (tertiary/aromatic N) is 1. The number of piperidine rings is 1. The lowest BCUT2D eigenvalue weighted by molar-refractivity contribution is -0.131. The van der Waals surface area contributed by atoms with Gasteiger partial charge in [-0.3, -0.25) is 4.79 Å². The summed E-state index contributed by atoms with van der Waals surface area (Å²) in [5.41, 5.74) is 11.0. The number of carbonyl (C=O) groups excluding carboxylic acids is 1. The third-order valence-electron chi connectivity index (χ3n) is 2.25. The van der Waals surface area contributed by atoms with Gasteiger partial charge in [0.15, 0.2) is 0 Å². The van der Waals surface area contributed by atoms with Gasteiger partial charge in [-0.1, -0.05) is 0 Å². The molecular weight excluding hydrogens is 190 g/mol. The van der Waals surface area contributed by atoms with Gasteiger partial charge in [0.05, 0.1) is 0 Å². The summed E-state index contributed by atoms with van der Waals surface area (Å²) in [4.78, 5) is 13.2. The lowest BCUT2D eigenvalue weighted by Gasteiger charge is -2.30. The molecular formula is C8H18ClN3O. The molecule has 1 saturated heterocycles. The van der Waals surface area contributed by atoms with E-state index in [1.165, 1.54) is 0 Å². The van der Waals surface area contributed by atoms with Crippen molar-refractivity contribution in [3.05, 3.63) is 0 Å². The smallest absolute Gasteiger partial charge is 0.223 e. The van der Waals surface area contributed by atoms with E-state index in [4.69, 9.17) is 11.5 Å². The Morgan fingerprint density at radius 1 is 1.38 bits per heavy atom. The summed E-state index contributed by atoms with van der Waals surface area (Å²) < 4.78 is 0. The molecule has 0 aromatic carbocycles. The molecule has 0 aliphatic carbocycles. The van der Waals surface area contributed by atoms with E-state index in [1.54, 1.807) is 0 Å². The van der Waals surface area contributed by atoms with Gasteiger partial charge < -0.3 is 16.4 Å². The predicted molar refractivity (Wildman–Crippen MR) is 54.7 cm³/mol. The molecule has 0 radical (unpaired) electrons. The van der Waals surface area contributed by atoms with Gasteiger partial charge in [-0.15, -0.1) is 12.4 Å². The molecule has 1 rings (SSSR count). The molecule has 0 aromatic rings. The van der Waals surface area contributed by atoms with Crippen LogP contribution in [0.3, 0.4) is 0 Å². The van der Waals surface area contributed by atoms with Crippen molar-refractivity contribution in [2.45, 2.75) is 25.3 Å². The maximum absolute atomic E-state index is 11.3. The van der Waals surface area contributed by atoms with Crippen LogP contribution in [0.1, 0.15) is 19.3 Å². The van der Waals surface area contributed by atoms with Crippen LogP contribution in [0, 0.1) is 0 Å². The maximum atomic E-state index is 11.3. The van der Waals surface area contributed by atoms with Crippen molar-refractivity contribution in [1.82, 2.24) is 4.90 Å². The first kappa shape index (κ1) is 12.7. The molecule has 0 atom stereocenters. The summed E-state index contributed by atoms with van der Waals surface area (Å²) in [6.45, 7) is 2.06. The zero-order valence-corrected chi connectivity index (χ0v) is 8.55. The predicted octanol–water partition coefficient (Wildman–Crippen LogP) is -0.293. The van der Waals surface area contributed by atoms with Crippen molar-refractivity contribution >= 4 is 18.3 Å². The summed E-state index contributed by atoms with van der Waals surface area (Å²) in [7, 11) is 0. The minimum Gasteiger partial charge on any atom is -0.343 e. The first-order chi connectivity index (χ1) is 5.74. The minimum atomic E-state index is 0. The molecule has 0 spiro atoms. The molecule has 4 nitrogen and oxygen atoms in total. The second kappa shape index (κ2) is 6.18. The number of likely N-dealkylation sites (tertiary alicyclic amines) is 1. The van der Waals surface area contributed by atoms with Crippen LogP contribution >= 0.6 is 12.4 Å². The average molecular weight is 208 g/mol. The summed E-state index contributed by atoms with van der Waals surface area (Å²) >= 11 is 0. The maximum Gasteiger partial charge on any atom is 0.223 e. The van der Waals surface area contributed by atoms with Gasteiger partial charge in [-0.05, 0) is 12.8 Å². The van der Waals surface area contributed by atoms with E-state index in [-0.39, 0.29) is 24.4 Å². The quantitative estimate of drug-likeness (QED) is 0.654. The third kappa shape index (κ3) is 3.93. The highest BCUT2D eigenvalue weighted by molar-refractivity contribution is 5.85.